The Morgan fingerprint density at radius 2 is 0.632 bits per heavy atom. The minimum atomic E-state index is 0. The van der Waals surface area contributed by atoms with E-state index in [1.165, 1.54) is 32.1 Å². The Kier molecular flexibility index (Phi) is 1170. The van der Waals surface area contributed by atoms with Crippen LogP contribution in [0.5, 0.6) is 0 Å². The fraction of sp³-hybridized carbons (Fsp3) is 1.00. The standard InChI is InChI=1S/C7H16.4CH4.4HNO/c1-3-5-7-6-4-2;;;;;4*1-2/h3-7H2,1-2H3;4*1H4;4*1H. The fourth-order valence-corrected chi connectivity index (χ4v) is 0.677. The molecule has 8 nitrogen and oxygen atoms in total. The molecular weight excluding hydrogens is 252 g/mol. The van der Waals surface area contributed by atoms with Gasteiger partial charge in [-0.3, -0.25) is 0 Å². The lowest BCUT2D eigenvalue weighted by Gasteiger charge is -1.90. The van der Waals surface area contributed by atoms with Gasteiger partial charge in [-0.1, -0.05) is 98.0 Å². The summed E-state index contributed by atoms with van der Waals surface area (Å²) in [6, 6.07) is 0. The van der Waals surface area contributed by atoms with E-state index >= 15 is 0 Å². The maximum absolute atomic E-state index is 7.50. The van der Waals surface area contributed by atoms with Gasteiger partial charge in [-0.15, -0.1) is 0 Å². The van der Waals surface area contributed by atoms with Crippen molar-refractivity contribution in [1.29, 1.82) is 22.4 Å². The smallest absolute Gasteiger partial charge is 0.0533 e. The highest BCUT2D eigenvalue weighted by Gasteiger charge is 1.80. The molecule has 0 aromatic carbocycles. The largest absolute Gasteiger partial charge is 0.154 e. The number of nitroso groups, excluding NO2 is 4. The zero-order valence-electron chi connectivity index (χ0n) is 9.17. The lowest BCUT2D eigenvalue weighted by atomic mass is 10.2. The lowest BCUT2D eigenvalue weighted by Crippen LogP contribution is -1.70. The van der Waals surface area contributed by atoms with Gasteiger partial charge in [-0.05, 0) is 0 Å². The topological polar surface area (TPSA) is 164 Å². The summed E-state index contributed by atoms with van der Waals surface area (Å²) in [4.78, 5) is 30.0. The van der Waals surface area contributed by atoms with E-state index in [1.807, 2.05) is 0 Å². The Hall–Kier alpha value is -1.60. The van der Waals surface area contributed by atoms with Crippen LogP contribution in [0.25, 0.3) is 0 Å². The van der Waals surface area contributed by atoms with Gasteiger partial charge in [0.15, 0.2) is 0 Å². The summed E-state index contributed by atoms with van der Waals surface area (Å²) in [5, 5.41) is 0. The molecule has 0 atom stereocenters. The fourth-order valence-electron chi connectivity index (χ4n) is 0.677. The van der Waals surface area contributed by atoms with Gasteiger partial charge in [0.05, 0.1) is 0 Å². The molecule has 0 bridgehead atoms. The van der Waals surface area contributed by atoms with Crippen LogP contribution in [0.1, 0.15) is 75.7 Å². The van der Waals surface area contributed by atoms with Crippen molar-refractivity contribution in [2.24, 2.45) is 0 Å². The number of rotatable bonds is 4. The van der Waals surface area contributed by atoms with Crippen LogP contribution in [0.3, 0.4) is 0 Å². The van der Waals surface area contributed by atoms with Crippen LogP contribution in [0.4, 0.5) is 0 Å². The first kappa shape index (κ1) is 66.3. The highest BCUT2D eigenvalue weighted by molar-refractivity contribution is 4.35. The van der Waals surface area contributed by atoms with E-state index in [4.69, 9.17) is 19.6 Å². The molecule has 0 saturated heterocycles. The SMILES string of the molecule is C.C.C.C.CCCCCCC.N=O.N=O.N=O.N=O. The number of hydrogen-bond acceptors (Lipinski definition) is 8. The third-order valence-corrected chi connectivity index (χ3v) is 1.21. The predicted octanol–water partition coefficient (Wildman–Crippen LogP) is 6.85. The Bertz CT molecular complexity index is 71.7. The van der Waals surface area contributed by atoms with Gasteiger partial charge >= 0.3 is 0 Å². The Balaban J connectivity index is -0.0000000105. The molecule has 4 N–H and O–H groups in total. The second-order valence-corrected chi connectivity index (χ2v) is 2.06. The van der Waals surface area contributed by atoms with E-state index in [-0.39, 0.29) is 29.7 Å². The van der Waals surface area contributed by atoms with E-state index in [0.717, 1.165) is 0 Å². The van der Waals surface area contributed by atoms with Gasteiger partial charge in [0.1, 0.15) is 0 Å². The van der Waals surface area contributed by atoms with Crippen LogP contribution in [-0.4, -0.2) is 0 Å². The maximum Gasteiger partial charge on any atom is -0.0533 e. The summed E-state index contributed by atoms with van der Waals surface area (Å²) in [6.45, 7) is 4.49. The number of unbranched alkanes of at least 4 members (excludes halogenated alkanes) is 4. The minimum absolute atomic E-state index is 0. The first-order chi connectivity index (χ1) is 7.41. The molecular formula is C11H36N4O4. The first-order valence-electron chi connectivity index (χ1n) is 4.23. The molecule has 0 aromatic heterocycles. The monoisotopic (exact) mass is 288 g/mol. The van der Waals surface area contributed by atoms with Crippen LogP contribution >= 0.6 is 0 Å². The second kappa shape index (κ2) is 336. The highest BCUT2D eigenvalue weighted by atomic mass is 16.2. The molecule has 0 radical (unpaired) electrons. The minimum Gasteiger partial charge on any atom is -0.154 e. The summed E-state index contributed by atoms with van der Waals surface area (Å²) < 4.78 is 0. The molecule has 0 spiro atoms. The molecule has 0 aromatic rings. The molecule has 0 aliphatic rings. The summed E-state index contributed by atoms with van der Waals surface area (Å²) >= 11 is 0. The molecule has 0 aliphatic heterocycles. The molecule has 0 aliphatic carbocycles. The summed E-state index contributed by atoms with van der Waals surface area (Å²) in [5.74, 6) is 0. The number of hydrogen-bond donors (Lipinski definition) is 4. The molecule has 0 amide bonds. The van der Waals surface area contributed by atoms with E-state index in [0.29, 0.717) is 0 Å². The predicted molar refractivity (Wildman–Crippen MR) is 85.7 cm³/mol. The lowest BCUT2D eigenvalue weighted by molar-refractivity contribution is 0.656. The Labute approximate surface area is 118 Å². The van der Waals surface area contributed by atoms with Gasteiger partial charge < -0.3 is 0 Å². The van der Waals surface area contributed by atoms with Crippen LogP contribution in [-0.2, 0) is 0 Å². The average molecular weight is 288 g/mol. The van der Waals surface area contributed by atoms with Gasteiger partial charge in [0, 0.05) is 0 Å². The quantitative estimate of drug-likeness (QED) is 0.328. The Morgan fingerprint density at radius 1 is 0.474 bits per heavy atom. The van der Waals surface area contributed by atoms with Crippen molar-refractivity contribution in [2.75, 3.05) is 0 Å². The maximum atomic E-state index is 7.50. The number of nitrogens with one attached hydrogen (secondary N) is 4. The normalized spacial score (nSPS) is 4.32. The molecule has 19 heavy (non-hydrogen) atoms. The molecule has 8 heteroatoms. The van der Waals surface area contributed by atoms with E-state index in [1.54, 1.807) is 0 Å². The van der Waals surface area contributed by atoms with Gasteiger partial charge in [-0.25, -0.2) is 0 Å². The molecule has 124 valence electrons. The third kappa shape index (κ3) is 590. The third-order valence-electron chi connectivity index (χ3n) is 1.21. The Morgan fingerprint density at radius 3 is 0.737 bits per heavy atom. The van der Waals surface area contributed by atoms with Crippen molar-refractivity contribution in [3.63, 3.8) is 0 Å². The molecule has 0 saturated carbocycles. The van der Waals surface area contributed by atoms with Crippen molar-refractivity contribution in [3.8, 4) is 0 Å². The van der Waals surface area contributed by atoms with Crippen molar-refractivity contribution < 1.29 is 0 Å². The van der Waals surface area contributed by atoms with E-state index in [9.17, 15) is 0 Å². The van der Waals surface area contributed by atoms with Crippen LogP contribution in [0.2, 0.25) is 0 Å². The first-order valence-corrected chi connectivity index (χ1v) is 4.23. The zero-order chi connectivity index (χ0) is 13.5. The van der Waals surface area contributed by atoms with E-state index < -0.39 is 0 Å². The highest BCUT2D eigenvalue weighted by Crippen LogP contribution is 2.00. The van der Waals surface area contributed by atoms with Crippen molar-refractivity contribution in [1.82, 2.24) is 0 Å². The summed E-state index contributed by atoms with van der Waals surface area (Å²) in [5.41, 5.74) is 18.0. The van der Waals surface area contributed by atoms with Crippen LogP contribution in [0.15, 0.2) is 0 Å². The second-order valence-electron chi connectivity index (χ2n) is 2.06. The molecule has 0 unspecified atom stereocenters. The van der Waals surface area contributed by atoms with Crippen LogP contribution in [0, 0.1) is 42.0 Å². The van der Waals surface area contributed by atoms with E-state index in [2.05, 4.69) is 36.2 Å². The van der Waals surface area contributed by atoms with Crippen LogP contribution < -0.4 is 0 Å². The zero-order valence-corrected chi connectivity index (χ0v) is 9.17. The van der Waals surface area contributed by atoms with Crippen molar-refractivity contribution >= 4 is 0 Å². The summed E-state index contributed by atoms with van der Waals surface area (Å²) in [6.07, 6.45) is 7.01. The van der Waals surface area contributed by atoms with Crippen molar-refractivity contribution in [3.05, 3.63) is 19.6 Å². The molecule has 0 rings (SSSR count). The van der Waals surface area contributed by atoms with Gasteiger partial charge in [-0.2, -0.15) is 19.6 Å². The van der Waals surface area contributed by atoms with Gasteiger partial charge in [0.2, 0.25) is 0 Å². The summed E-state index contributed by atoms with van der Waals surface area (Å²) in [7, 11) is 0. The van der Waals surface area contributed by atoms with Crippen molar-refractivity contribution in [2.45, 2.75) is 75.7 Å². The average Bonchev–Trinajstić information content (AvgIpc) is 2.40. The molecule has 0 heterocycles. The van der Waals surface area contributed by atoms with Gasteiger partial charge in [0.25, 0.3) is 0 Å². The molecule has 0 fully saturated rings.